The second-order valence-corrected chi connectivity index (χ2v) is 4.78. The van der Waals surface area contributed by atoms with Gasteiger partial charge in [-0.15, -0.1) is 0 Å². The lowest BCUT2D eigenvalue weighted by Crippen LogP contribution is -2.35. The molecule has 0 amide bonds. The van der Waals surface area contributed by atoms with E-state index < -0.39 is 11.4 Å². The van der Waals surface area contributed by atoms with E-state index >= 15 is 0 Å². The highest BCUT2D eigenvalue weighted by atomic mass is 32.1. The van der Waals surface area contributed by atoms with Gasteiger partial charge in [-0.2, -0.15) is 8.75 Å². The summed E-state index contributed by atoms with van der Waals surface area (Å²) in [4.78, 5) is 11.4. The molecule has 15 heavy (non-hydrogen) atoms. The van der Waals surface area contributed by atoms with E-state index in [1.807, 2.05) is 0 Å². The van der Waals surface area contributed by atoms with Gasteiger partial charge in [0.05, 0.1) is 29.0 Å². The molecule has 0 spiro atoms. The van der Waals surface area contributed by atoms with Gasteiger partial charge in [-0.3, -0.25) is 4.79 Å². The highest BCUT2D eigenvalue weighted by molar-refractivity contribution is 6.99. The van der Waals surface area contributed by atoms with Crippen molar-refractivity contribution >= 4 is 17.7 Å². The Bertz CT molecular complexity index is 331. The van der Waals surface area contributed by atoms with E-state index in [-0.39, 0.29) is 0 Å². The lowest BCUT2D eigenvalue weighted by Gasteiger charge is -2.32. The van der Waals surface area contributed by atoms with Crippen molar-refractivity contribution in [3.05, 3.63) is 11.9 Å². The second kappa shape index (κ2) is 4.26. The summed E-state index contributed by atoms with van der Waals surface area (Å²) in [5, 5.41) is 9.34. The molecule has 1 fully saturated rings. The van der Waals surface area contributed by atoms with Crippen molar-refractivity contribution in [2.24, 2.45) is 5.41 Å². The maximum absolute atomic E-state index is 11.4. The fourth-order valence-corrected chi connectivity index (χ4v) is 2.74. The Hall–Kier alpha value is -0.970. The van der Waals surface area contributed by atoms with Crippen LogP contribution >= 0.6 is 11.7 Å². The normalized spacial score (nSPS) is 20.0. The van der Waals surface area contributed by atoms with Crippen LogP contribution in [-0.4, -0.2) is 19.8 Å². The summed E-state index contributed by atoms with van der Waals surface area (Å²) in [5.41, 5.74) is 0.248. The fourth-order valence-electron chi connectivity index (χ4n) is 2.30. The number of hydrogen-bond acceptors (Lipinski definition) is 4. The summed E-state index contributed by atoms with van der Waals surface area (Å²) in [6, 6.07) is 0. The summed E-state index contributed by atoms with van der Waals surface area (Å²) >= 11 is 1.15. The van der Waals surface area contributed by atoms with Gasteiger partial charge in [0.15, 0.2) is 0 Å². The van der Waals surface area contributed by atoms with Gasteiger partial charge in [0.25, 0.3) is 0 Å². The van der Waals surface area contributed by atoms with Crippen LogP contribution in [-0.2, 0) is 11.2 Å². The van der Waals surface area contributed by atoms with E-state index in [9.17, 15) is 9.90 Å². The summed E-state index contributed by atoms with van der Waals surface area (Å²) in [7, 11) is 0. The van der Waals surface area contributed by atoms with Gasteiger partial charge >= 0.3 is 5.97 Å². The molecule has 5 heteroatoms. The molecular weight excluding hydrogens is 212 g/mol. The van der Waals surface area contributed by atoms with Crippen LogP contribution in [0, 0.1) is 5.41 Å². The molecule has 1 aliphatic rings. The second-order valence-electron chi connectivity index (χ2n) is 4.22. The first-order valence-electron chi connectivity index (χ1n) is 5.23. The molecule has 0 radical (unpaired) electrons. The van der Waals surface area contributed by atoms with Gasteiger partial charge < -0.3 is 5.11 Å². The highest BCUT2D eigenvalue weighted by Crippen LogP contribution is 2.39. The SMILES string of the molecule is O=C(O)C1(Cc2cnsn2)CCCCC1. The molecule has 1 heterocycles. The van der Waals surface area contributed by atoms with Crippen LogP contribution in [0.5, 0.6) is 0 Å². The number of rotatable bonds is 3. The highest BCUT2D eigenvalue weighted by Gasteiger charge is 2.40. The van der Waals surface area contributed by atoms with Gasteiger partial charge in [-0.25, -0.2) is 0 Å². The molecule has 0 atom stereocenters. The molecule has 82 valence electrons. The summed E-state index contributed by atoms with van der Waals surface area (Å²) in [5.74, 6) is -0.671. The van der Waals surface area contributed by atoms with E-state index in [1.165, 1.54) is 0 Å². The molecule has 4 nitrogen and oxygen atoms in total. The van der Waals surface area contributed by atoms with Crippen LogP contribution in [0.3, 0.4) is 0 Å². The first-order chi connectivity index (χ1) is 7.23. The van der Waals surface area contributed by atoms with Crippen molar-refractivity contribution in [1.29, 1.82) is 0 Å². The molecule has 0 bridgehead atoms. The molecular formula is C10H14N2O2S. The van der Waals surface area contributed by atoms with Gasteiger partial charge in [0.1, 0.15) is 0 Å². The largest absolute Gasteiger partial charge is 0.481 e. The Balaban J connectivity index is 2.15. The number of nitrogens with zero attached hydrogens (tertiary/aromatic N) is 2. The molecule has 0 aromatic carbocycles. The minimum atomic E-state index is -0.671. The van der Waals surface area contributed by atoms with E-state index in [4.69, 9.17) is 0 Å². The smallest absolute Gasteiger partial charge is 0.310 e. The molecule has 1 N–H and O–H groups in total. The Morgan fingerprint density at radius 1 is 1.47 bits per heavy atom. The van der Waals surface area contributed by atoms with Crippen LogP contribution in [0.2, 0.25) is 0 Å². The third-order valence-corrected chi connectivity index (χ3v) is 3.71. The maximum Gasteiger partial charge on any atom is 0.310 e. The number of hydrogen-bond donors (Lipinski definition) is 1. The molecule has 0 saturated heterocycles. The van der Waals surface area contributed by atoms with Crippen LogP contribution in [0.1, 0.15) is 37.8 Å². The number of carboxylic acid groups (broad SMARTS) is 1. The topological polar surface area (TPSA) is 63.1 Å². The summed E-state index contributed by atoms with van der Waals surface area (Å²) in [6.45, 7) is 0. The molecule has 1 aromatic rings. The lowest BCUT2D eigenvalue weighted by atomic mass is 9.71. The zero-order valence-corrected chi connectivity index (χ0v) is 9.29. The number of aromatic nitrogens is 2. The predicted molar refractivity (Wildman–Crippen MR) is 56.8 cm³/mol. The predicted octanol–water partition coefficient (Wildman–Crippen LogP) is 2.12. The van der Waals surface area contributed by atoms with Crippen LogP contribution in [0.15, 0.2) is 6.20 Å². The van der Waals surface area contributed by atoms with Crippen molar-refractivity contribution < 1.29 is 9.90 Å². The van der Waals surface area contributed by atoms with E-state index in [2.05, 4.69) is 8.75 Å². The molecule has 1 saturated carbocycles. The lowest BCUT2D eigenvalue weighted by molar-refractivity contribution is -0.151. The van der Waals surface area contributed by atoms with Gasteiger partial charge in [0, 0.05) is 6.42 Å². The quantitative estimate of drug-likeness (QED) is 0.857. The number of aliphatic carboxylic acids is 1. The van der Waals surface area contributed by atoms with Crippen LogP contribution in [0.25, 0.3) is 0 Å². The van der Waals surface area contributed by atoms with Crippen molar-refractivity contribution in [2.75, 3.05) is 0 Å². The Morgan fingerprint density at radius 2 is 2.20 bits per heavy atom. The third-order valence-electron chi connectivity index (χ3n) is 3.19. The van der Waals surface area contributed by atoms with Crippen LogP contribution in [0.4, 0.5) is 0 Å². The Morgan fingerprint density at radius 3 is 2.73 bits per heavy atom. The minimum Gasteiger partial charge on any atom is -0.481 e. The van der Waals surface area contributed by atoms with Crippen molar-refractivity contribution in [2.45, 2.75) is 38.5 Å². The zero-order valence-electron chi connectivity index (χ0n) is 8.48. The summed E-state index contributed by atoms with van der Waals surface area (Å²) in [6.07, 6.45) is 6.97. The summed E-state index contributed by atoms with van der Waals surface area (Å²) < 4.78 is 8.02. The monoisotopic (exact) mass is 226 g/mol. The van der Waals surface area contributed by atoms with E-state index in [1.54, 1.807) is 6.20 Å². The first kappa shape index (κ1) is 10.5. The third kappa shape index (κ3) is 2.17. The van der Waals surface area contributed by atoms with Crippen molar-refractivity contribution in [3.63, 3.8) is 0 Å². The standard InChI is InChI=1S/C10H14N2O2S/c13-9(14)10(4-2-1-3-5-10)6-8-7-11-15-12-8/h7H,1-6H2,(H,13,14). The van der Waals surface area contributed by atoms with Gasteiger partial charge in [-0.05, 0) is 12.8 Å². The van der Waals surface area contributed by atoms with Gasteiger partial charge in [0.2, 0.25) is 0 Å². The molecule has 1 aromatic heterocycles. The number of carboxylic acids is 1. The van der Waals surface area contributed by atoms with Crippen LogP contribution < -0.4 is 0 Å². The molecule has 2 rings (SSSR count). The zero-order chi connectivity index (χ0) is 10.7. The van der Waals surface area contributed by atoms with E-state index in [0.29, 0.717) is 6.42 Å². The number of carbonyl (C=O) groups is 1. The minimum absolute atomic E-state index is 0.541. The average molecular weight is 226 g/mol. The first-order valence-corrected chi connectivity index (χ1v) is 5.96. The van der Waals surface area contributed by atoms with Gasteiger partial charge in [-0.1, -0.05) is 19.3 Å². The Labute approximate surface area is 92.7 Å². The van der Waals surface area contributed by atoms with E-state index in [0.717, 1.165) is 49.5 Å². The van der Waals surface area contributed by atoms with Crippen molar-refractivity contribution in [1.82, 2.24) is 8.75 Å². The average Bonchev–Trinajstić information content (AvgIpc) is 2.71. The van der Waals surface area contributed by atoms with Crippen molar-refractivity contribution in [3.8, 4) is 0 Å². The molecule has 1 aliphatic carbocycles. The molecule has 0 aliphatic heterocycles. The Kier molecular flexibility index (Phi) is 3.00. The molecule has 0 unspecified atom stereocenters. The fraction of sp³-hybridized carbons (Fsp3) is 0.700. The maximum atomic E-state index is 11.4.